The molecule has 164 valence electrons. The van der Waals surface area contributed by atoms with Gasteiger partial charge in [-0.05, 0) is 57.0 Å². The summed E-state index contributed by atoms with van der Waals surface area (Å²) in [5.41, 5.74) is 2.01. The Morgan fingerprint density at radius 2 is 1.94 bits per heavy atom. The number of aryl methyl sites for hydroxylation is 2. The monoisotopic (exact) mass is 458 g/mol. The third-order valence-corrected chi connectivity index (χ3v) is 7.13. The average molecular weight is 459 g/mol. The quantitative estimate of drug-likeness (QED) is 0.473. The van der Waals surface area contributed by atoms with Crippen LogP contribution < -0.4 is 16.2 Å². The van der Waals surface area contributed by atoms with Crippen molar-refractivity contribution in [3.05, 3.63) is 56.4 Å². The largest absolute Gasteiger partial charge is 0.352 e. The number of H-pyrrole nitrogens is 1. The molecule has 2 heterocycles. The normalized spacial score (nSPS) is 12.0. The Labute approximate surface area is 189 Å². The van der Waals surface area contributed by atoms with Gasteiger partial charge in [-0.3, -0.25) is 14.4 Å². The number of carbonyl (C=O) groups excluding carboxylic acids is 2. The van der Waals surface area contributed by atoms with Gasteiger partial charge in [0.1, 0.15) is 10.7 Å². The van der Waals surface area contributed by atoms with E-state index in [9.17, 15) is 14.4 Å². The average Bonchev–Trinajstić information content (AvgIpc) is 3.04. The van der Waals surface area contributed by atoms with Crippen LogP contribution >= 0.6 is 23.1 Å². The lowest BCUT2D eigenvalue weighted by atomic mass is 10.2. The molecule has 0 spiro atoms. The lowest BCUT2D eigenvalue weighted by Crippen LogP contribution is -2.24. The molecule has 2 aromatic heterocycles. The number of amides is 2. The summed E-state index contributed by atoms with van der Waals surface area (Å²) in [5, 5.41) is 5.98. The highest BCUT2D eigenvalue weighted by molar-refractivity contribution is 7.99. The topological polar surface area (TPSA) is 104 Å². The van der Waals surface area contributed by atoms with Crippen LogP contribution in [0, 0.1) is 13.8 Å². The van der Waals surface area contributed by atoms with Gasteiger partial charge in [-0.2, -0.15) is 0 Å². The highest BCUT2D eigenvalue weighted by Gasteiger charge is 2.16. The van der Waals surface area contributed by atoms with Gasteiger partial charge in [0, 0.05) is 22.7 Å². The summed E-state index contributed by atoms with van der Waals surface area (Å²) >= 11 is 2.91. The van der Waals surface area contributed by atoms with Gasteiger partial charge in [-0.1, -0.05) is 6.92 Å². The third-order valence-electron chi connectivity index (χ3n) is 4.88. The Morgan fingerprint density at radius 3 is 2.61 bits per heavy atom. The Balaban J connectivity index is 1.58. The summed E-state index contributed by atoms with van der Waals surface area (Å²) in [5.74, 6) is 0.704. The third kappa shape index (κ3) is 5.54. The molecule has 1 atom stereocenters. The first-order valence-electron chi connectivity index (χ1n) is 10.1. The Morgan fingerprint density at radius 1 is 1.23 bits per heavy atom. The van der Waals surface area contributed by atoms with Crippen molar-refractivity contribution in [3.8, 4) is 0 Å². The molecule has 1 unspecified atom stereocenters. The van der Waals surface area contributed by atoms with E-state index in [-0.39, 0.29) is 22.6 Å². The molecule has 3 rings (SSSR count). The summed E-state index contributed by atoms with van der Waals surface area (Å²) in [6.45, 7) is 8.34. The molecule has 7 nitrogen and oxygen atoms in total. The highest BCUT2D eigenvalue weighted by atomic mass is 32.2. The molecule has 3 aromatic rings. The molecule has 0 aliphatic carbocycles. The molecule has 0 aliphatic heterocycles. The minimum atomic E-state index is -0.347. The predicted molar refractivity (Wildman–Crippen MR) is 128 cm³/mol. The van der Waals surface area contributed by atoms with Crippen molar-refractivity contribution in [2.75, 3.05) is 11.9 Å². The van der Waals surface area contributed by atoms with E-state index in [1.54, 1.807) is 24.3 Å². The van der Waals surface area contributed by atoms with Crippen LogP contribution in [0.25, 0.3) is 10.2 Å². The van der Waals surface area contributed by atoms with Crippen molar-refractivity contribution in [2.45, 2.75) is 45.1 Å². The summed E-state index contributed by atoms with van der Waals surface area (Å²) in [7, 11) is 0. The fraction of sp³-hybridized carbons (Fsp3) is 0.364. The standard InChI is InChI=1S/C22H26N4O3S2/c1-5-10-23-20(28)15-6-8-16(9-7-15)24-19(27)14(4)30-11-17-25-21(29)18-12(2)13(3)31-22(18)26-17/h6-9,14H,5,10-11H2,1-4H3,(H,23,28)(H,24,27)(H,25,26,29). The van der Waals surface area contributed by atoms with E-state index in [2.05, 4.69) is 20.6 Å². The minimum Gasteiger partial charge on any atom is -0.352 e. The molecule has 0 bridgehead atoms. The van der Waals surface area contributed by atoms with Crippen molar-refractivity contribution in [1.29, 1.82) is 0 Å². The first kappa shape index (κ1) is 23.0. The van der Waals surface area contributed by atoms with Gasteiger partial charge < -0.3 is 15.6 Å². The lowest BCUT2D eigenvalue weighted by Gasteiger charge is -2.12. The van der Waals surface area contributed by atoms with Crippen LogP contribution in [0.5, 0.6) is 0 Å². The molecule has 2 amide bonds. The maximum Gasteiger partial charge on any atom is 0.259 e. The summed E-state index contributed by atoms with van der Waals surface area (Å²) < 4.78 is 0. The molecule has 9 heteroatoms. The van der Waals surface area contributed by atoms with Crippen molar-refractivity contribution >= 4 is 50.8 Å². The van der Waals surface area contributed by atoms with Gasteiger partial charge in [0.15, 0.2) is 0 Å². The number of nitrogens with one attached hydrogen (secondary N) is 3. The zero-order valence-corrected chi connectivity index (χ0v) is 19.6. The number of thiophene rings is 1. The number of benzene rings is 1. The fourth-order valence-corrected chi connectivity index (χ4v) is 4.74. The van der Waals surface area contributed by atoms with Crippen LogP contribution in [0.4, 0.5) is 5.69 Å². The van der Waals surface area contributed by atoms with E-state index in [1.807, 2.05) is 27.7 Å². The van der Waals surface area contributed by atoms with Crippen molar-refractivity contribution in [3.63, 3.8) is 0 Å². The summed E-state index contributed by atoms with van der Waals surface area (Å²) in [4.78, 5) is 46.1. The number of nitrogens with zero attached hydrogens (tertiary/aromatic N) is 1. The highest BCUT2D eigenvalue weighted by Crippen LogP contribution is 2.26. The number of thioether (sulfide) groups is 1. The van der Waals surface area contributed by atoms with E-state index in [0.717, 1.165) is 21.7 Å². The van der Waals surface area contributed by atoms with E-state index >= 15 is 0 Å². The number of hydrogen-bond donors (Lipinski definition) is 3. The SMILES string of the molecule is CCCNC(=O)c1ccc(NC(=O)C(C)SCc2nc3sc(C)c(C)c3c(=O)[nH]2)cc1. The van der Waals surface area contributed by atoms with Crippen molar-refractivity contribution in [2.24, 2.45) is 0 Å². The molecule has 0 saturated heterocycles. The number of carbonyl (C=O) groups is 2. The van der Waals surface area contributed by atoms with Gasteiger partial charge in [0.05, 0.1) is 16.4 Å². The lowest BCUT2D eigenvalue weighted by molar-refractivity contribution is -0.115. The molecule has 0 fully saturated rings. The molecule has 31 heavy (non-hydrogen) atoms. The fourth-order valence-electron chi connectivity index (χ4n) is 2.94. The number of fused-ring (bicyclic) bond motifs is 1. The smallest absolute Gasteiger partial charge is 0.259 e. The Kier molecular flexibility index (Phi) is 7.50. The number of aromatic amines is 1. The van der Waals surface area contributed by atoms with E-state index in [1.165, 1.54) is 23.1 Å². The van der Waals surface area contributed by atoms with Crippen LogP contribution in [0.15, 0.2) is 29.1 Å². The van der Waals surface area contributed by atoms with E-state index in [4.69, 9.17) is 0 Å². The van der Waals surface area contributed by atoms with Crippen molar-refractivity contribution in [1.82, 2.24) is 15.3 Å². The van der Waals surface area contributed by atoms with Gasteiger partial charge >= 0.3 is 0 Å². The Bertz CT molecular complexity index is 1150. The van der Waals surface area contributed by atoms with Gasteiger partial charge in [-0.25, -0.2) is 4.98 Å². The zero-order valence-electron chi connectivity index (χ0n) is 18.0. The van der Waals surface area contributed by atoms with Crippen LogP contribution in [-0.4, -0.2) is 33.6 Å². The first-order chi connectivity index (χ1) is 14.8. The molecular formula is C22H26N4O3S2. The van der Waals surface area contributed by atoms with E-state index in [0.29, 0.717) is 34.8 Å². The predicted octanol–water partition coefficient (Wildman–Crippen LogP) is 4.00. The molecule has 1 aromatic carbocycles. The minimum absolute atomic E-state index is 0.127. The van der Waals surface area contributed by atoms with Crippen LogP contribution in [-0.2, 0) is 10.5 Å². The number of anilines is 1. The number of hydrogen-bond acceptors (Lipinski definition) is 6. The zero-order chi connectivity index (χ0) is 22.5. The van der Waals surface area contributed by atoms with Crippen LogP contribution in [0.2, 0.25) is 0 Å². The first-order valence-corrected chi connectivity index (χ1v) is 12.0. The van der Waals surface area contributed by atoms with Crippen LogP contribution in [0.1, 0.15) is 46.9 Å². The molecule has 3 N–H and O–H groups in total. The second-order valence-electron chi connectivity index (χ2n) is 7.25. The summed E-state index contributed by atoms with van der Waals surface area (Å²) in [6.07, 6.45) is 0.874. The molecule has 0 saturated carbocycles. The number of aromatic nitrogens is 2. The maximum absolute atomic E-state index is 12.5. The maximum atomic E-state index is 12.5. The van der Waals surface area contributed by atoms with E-state index < -0.39 is 0 Å². The van der Waals surface area contributed by atoms with Crippen molar-refractivity contribution < 1.29 is 9.59 Å². The summed E-state index contributed by atoms with van der Waals surface area (Å²) in [6, 6.07) is 6.80. The number of rotatable bonds is 8. The van der Waals surface area contributed by atoms with Gasteiger partial charge in [0.25, 0.3) is 11.5 Å². The Hall–Kier alpha value is -2.65. The van der Waals surface area contributed by atoms with Gasteiger partial charge in [-0.15, -0.1) is 23.1 Å². The molecule has 0 radical (unpaired) electrons. The second kappa shape index (κ2) is 10.1. The van der Waals surface area contributed by atoms with Gasteiger partial charge in [0.2, 0.25) is 5.91 Å². The second-order valence-corrected chi connectivity index (χ2v) is 9.78. The van der Waals surface area contributed by atoms with Crippen LogP contribution in [0.3, 0.4) is 0 Å². The molecule has 0 aliphatic rings. The molecular weight excluding hydrogens is 432 g/mol.